The third kappa shape index (κ3) is 13.7. The molecule has 0 amide bonds. The number of pyridine rings is 8. The Morgan fingerprint density at radius 3 is 0.707 bits per heavy atom. The summed E-state index contributed by atoms with van der Waals surface area (Å²) in [5, 5.41) is 0. The van der Waals surface area contributed by atoms with Gasteiger partial charge in [-0.1, -0.05) is 24.3 Å². The van der Waals surface area contributed by atoms with Gasteiger partial charge < -0.3 is 9.79 Å². The molecule has 0 atom stereocenters. The van der Waals surface area contributed by atoms with Crippen molar-refractivity contribution in [2.24, 2.45) is 0 Å². The van der Waals surface area contributed by atoms with Crippen molar-refractivity contribution in [1.29, 1.82) is 0 Å². The Kier molecular flexibility index (Phi) is 15.7. The first-order chi connectivity index (χ1) is 36.6. The number of nitrogens with zero attached hydrogens (tertiary/aromatic N) is 8. The molecule has 2 N–H and O–H groups in total. The zero-order valence-corrected chi connectivity index (χ0v) is 43.6. The van der Waals surface area contributed by atoms with Gasteiger partial charge in [0.1, 0.15) is 19.3 Å². The van der Waals surface area contributed by atoms with E-state index in [2.05, 4.69) is 260 Å². The normalized spacial score (nSPS) is 11.5. The molecule has 11 nitrogen and oxygen atoms in total. The quantitative estimate of drug-likeness (QED) is 0.0670. The highest BCUT2D eigenvalue weighted by Gasteiger charge is 2.18. The Balaban J connectivity index is 0.773. The average Bonchev–Trinajstić information content (AvgIpc) is 3.44. The van der Waals surface area contributed by atoms with E-state index < -0.39 is 7.60 Å². The molecule has 0 spiro atoms. The van der Waals surface area contributed by atoms with E-state index in [0.29, 0.717) is 0 Å². The van der Waals surface area contributed by atoms with E-state index in [1.165, 1.54) is 61.2 Å². The van der Waals surface area contributed by atoms with E-state index in [4.69, 9.17) is 0 Å². The second kappa shape index (κ2) is 23.3. The maximum Gasteiger partial charge on any atom is 0.331 e. The number of hydrogen-bond acceptors (Lipinski definition) is 1. The van der Waals surface area contributed by atoms with Crippen LogP contribution in [-0.2, 0) is 56.9 Å². The van der Waals surface area contributed by atoms with Gasteiger partial charge in [-0.15, -0.1) is 0 Å². The third-order valence-corrected chi connectivity index (χ3v) is 14.6. The number of hydrogen-bond donors (Lipinski definition) is 2. The van der Waals surface area contributed by atoms with Gasteiger partial charge >= 0.3 is 7.60 Å². The summed E-state index contributed by atoms with van der Waals surface area (Å²) in [5.74, 6) is 0. The summed E-state index contributed by atoms with van der Waals surface area (Å²) < 4.78 is 28.6. The van der Waals surface area contributed by atoms with Crippen LogP contribution >= 0.6 is 7.60 Å². The zero-order chi connectivity index (χ0) is 51.6. The number of aryl methyl sites for hydroxylation is 3. The van der Waals surface area contributed by atoms with Gasteiger partial charge in [0.25, 0.3) is 0 Å². The predicted octanol–water partition coefficient (Wildman–Crippen LogP) is 7.11. The summed E-state index contributed by atoms with van der Waals surface area (Å²) in [4.78, 5) is 18.4. The van der Waals surface area contributed by atoms with Gasteiger partial charge in [0.2, 0.25) is 0 Å². The molecule has 0 radical (unpaired) electrons. The Morgan fingerprint density at radius 1 is 0.293 bits per heavy atom. The predicted molar refractivity (Wildman–Crippen MR) is 286 cm³/mol. The van der Waals surface area contributed by atoms with Crippen LogP contribution in [0.1, 0.15) is 41.7 Å². The second-order valence-electron chi connectivity index (χ2n) is 19.3. The molecule has 10 rings (SSSR count). The van der Waals surface area contributed by atoms with Gasteiger partial charge in [0.15, 0.2) is 138 Å². The molecule has 2 aromatic carbocycles. The van der Waals surface area contributed by atoms with E-state index >= 15 is 0 Å². The topological polar surface area (TPSA) is 88.6 Å². The lowest BCUT2D eigenvalue weighted by Crippen LogP contribution is -2.36. The second-order valence-corrected chi connectivity index (χ2v) is 21.1. The molecule has 75 heavy (non-hydrogen) atoms. The standard InChI is InChI=1S/C63H63N8O3P/c1-3-64-25-9-56(10-26-64)59-19-35-69(36-20-59)48-53-43-54(49-70-37-21-60(22-38-70)57-11-27-65(4-2)28-12-57)45-55(44-53)50-71-39-23-63(24-40-71)62-17-33-68(34-18-62)47-52-7-5-51(6-8-52)46-67-31-15-61(16-32-67)58-13-29-66(30-14-58)41-42-75(72,73)74/h5-40,43-45H,3-4,41-42,46-50H2,1-2H3/q+6/p+2. The fraction of sp³-hybridized carbons (Fsp3) is 0.175. The van der Waals surface area contributed by atoms with Crippen molar-refractivity contribution in [1.82, 2.24) is 0 Å². The van der Waals surface area contributed by atoms with Crippen LogP contribution in [0.4, 0.5) is 0 Å². The first-order valence-corrected chi connectivity index (χ1v) is 27.5. The van der Waals surface area contributed by atoms with Crippen LogP contribution in [0.2, 0.25) is 0 Å². The van der Waals surface area contributed by atoms with Gasteiger partial charge in [-0.2, -0.15) is 0 Å². The fourth-order valence-electron chi connectivity index (χ4n) is 9.46. The first-order valence-electron chi connectivity index (χ1n) is 25.7. The van der Waals surface area contributed by atoms with Crippen molar-refractivity contribution in [3.63, 3.8) is 0 Å². The molecule has 0 fully saturated rings. The van der Waals surface area contributed by atoms with Crippen LogP contribution < -0.4 is 36.5 Å². The highest BCUT2D eigenvalue weighted by molar-refractivity contribution is 7.51. The molecule has 0 aliphatic rings. The Bertz CT molecular complexity index is 3410. The summed E-state index contributed by atoms with van der Waals surface area (Å²) in [6.45, 7) is 10.3. The zero-order valence-electron chi connectivity index (χ0n) is 42.7. The van der Waals surface area contributed by atoms with Gasteiger partial charge in [0.05, 0.1) is 0 Å². The lowest BCUT2D eigenvalue weighted by Gasteiger charge is -2.07. The maximum absolute atomic E-state index is 11.2. The number of aromatic nitrogens is 8. The Morgan fingerprint density at radius 2 is 0.493 bits per heavy atom. The van der Waals surface area contributed by atoms with E-state index in [-0.39, 0.29) is 12.7 Å². The molecule has 372 valence electrons. The van der Waals surface area contributed by atoms with E-state index in [9.17, 15) is 14.4 Å². The van der Waals surface area contributed by atoms with Crippen molar-refractivity contribution >= 4 is 7.60 Å². The molecule has 8 heterocycles. The van der Waals surface area contributed by atoms with Crippen LogP contribution in [0.5, 0.6) is 0 Å². The van der Waals surface area contributed by atoms with E-state index in [1.807, 2.05) is 24.5 Å². The molecule has 10 aromatic rings. The highest BCUT2D eigenvalue weighted by atomic mass is 31.2. The van der Waals surface area contributed by atoms with Gasteiger partial charge in [0, 0.05) is 125 Å². The lowest BCUT2D eigenvalue weighted by atomic mass is 10.0. The van der Waals surface area contributed by atoms with Crippen molar-refractivity contribution in [3.05, 3.63) is 266 Å². The summed E-state index contributed by atoms with van der Waals surface area (Å²) >= 11 is 0. The van der Waals surface area contributed by atoms with E-state index in [0.717, 1.165) is 56.9 Å². The van der Waals surface area contributed by atoms with Crippen molar-refractivity contribution in [2.75, 3.05) is 6.16 Å². The Labute approximate surface area is 439 Å². The summed E-state index contributed by atoms with van der Waals surface area (Å²) in [5.41, 5.74) is 15.6. The molecule has 0 unspecified atom stereocenters. The van der Waals surface area contributed by atoms with Crippen LogP contribution in [0.15, 0.2) is 239 Å². The van der Waals surface area contributed by atoms with Crippen molar-refractivity contribution < 1.29 is 50.9 Å². The minimum Gasteiger partial charge on any atom is -0.324 e. The van der Waals surface area contributed by atoms with Gasteiger partial charge in [-0.25, -0.2) is 36.5 Å². The monoisotopic (exact) mass is 1010 g/mol. The summed E-state index contributed by atoms with van der Waals surface area (Å²) in [7, 11) is -4.03. The molecule has 8 aromatic heterocycles. The smallest absolute Gasteiger partial charge is 0.324 e. The molecule has 12 heteroatoms. The van der Waals surface area contributed by atoms with Crippen molar-refractivity contribution in [3.8, 4) is 44.5 Å². The first kappa shape index (κ1) is 50.3. The summed E-state index contributed by atoms with van der Waals surface area (Å²) in [6, 6.07) is 50.4. The molecule has 0 bridgehead atoms. The van der Waals surface area contributed by atoms with E-state index in [1.54, 1.807) is 4.57 Å². The third-order valence-electron chi connectivity index (χ3n) is 13.8. The van der Waals surface area contributed by atoms with Crippen LogP contribution in [0.3, 0.4) is 0 Å². The molecular weight excluding hydrogens is 948 g/mol. The summed E-state index contributed by atoms with van der Waals surface area (Å²) in [6.07, 6.45) is 33.7. The fourth-order valence-corrected chi connectivity index (χ4v) is 9.95. The molecule has 0 aliphatic carbocycles. The minimum absolute atomic E-state index is 0.176. The van der Waals surface area contributed by atoms with Crippen molar-refractivity contribution in [2.45, 2.75) is 66.2 Å². The highest BCUT2D eigenvalue weighted by Crippen LogP contribution is 2.33. The Hall–Kier alpha value is -8.21. The molecule has 0 saturated carbocycles. The molecule has 0 saturated heterocycles. The van der Waals surface area contributed by atoms with Crippen LogP contribution in [0.25, 0.3) is 44.5 Å². The van der Waals surface area contributed by atoms with Gasteiger partial charge in [-0.3, -0.25) is 4.57 Å². The largest absolute Gasteiger partial charge is 0.331 e. The minimum atomic E-state index is -4.03. The SMILES string of the molecule is CC[n+]1ccc(-c2cc[n+](Cc3cc(C[n+]4ccc(-c5cc[n+](CC)cc5)cc4)cc(C[n+]4ccc(-c5cc[n+](Cc6ccc(C[n+]7ccc(-c8cc[n+](CCP(=O)(O)O)cc8)cc7)cc6)cc5)cc4)c3)cc2)cc1. The molecule has 0 aliphatic heterocycles. The maximum atomic E-state index is 11.2. The molecular formula is C63H65N8O3P+8. The number of rotatable bonds is 19. The van der Waals surface area contributed by atoms with Gasteiger partial charge in [-0.05, 0) is 76.6 Å². The number of benzene rings is 2. The average molecular weight is 1010 g/mol. The van der Waals surface area contributed by atoms with Crippen LogP contribution in [-0.4, -0.2) is 15.9 Å². The van der Waals surface area contributed by atoms with Crippen LogP contribution in [0, 0.1) is 0 Å². The lowest BCUT2D eigenvalue weighted by molar-refractivity contribution is -0.693.